The molecule has 220 valence electrons. The Bertz CT molecular complexity index is 1680. The van der Waals surface area contributed by atoms with Gasteiger partial charge in [-0.25, -0.2) is 27.8 Å². The molecule has 0 bridgehead atoms. The van der Waals surface area contributed by atoms with Crippen molar-refractivity contribution in [3.63, 3.8) is 0 Å². The molecule has 6 rings (SSSR count). The van der Waals surface area contributed by atoms with Crippen molar-refractivity contribution < 1.29 is 30.8 Å². The molecule has 0 unspecified atom stereocenters. The molecule has 0 aromatic carbocycles. The van der Waals surface area contributed by atoms with E-state index >= 15 is 4.39 Å². The summed E-state index contributed by atoms with van der Waals surface area (Å²) in [4.78, 5) is 31.3. The molecule has 41 heavy (non-hydrogen) atoms. The first-order valence-electron chi connectivity index (χ1n) is 12.9. The molecule has 2 saturated heterocycles. The van der Waals surface area contributed by atoms with Crippen molar-refractivity contribution in [2.24, 2.45) is 0 Å². The molecule has 0 saturated carbocycles. The van der Waals surface area contributed by atoms with Crippen LogP contribution < -0.4 is 9.80 Å². The first-order valence-corrected chi connectivity index (χ1v) is 14.6. The number of rotatable bonds is 3. The summed E-state index contributed by atoms with van der Waals surface area (Å²) in [6.45, 7) is 8.14. The smallest absolute Gasteiger partial charge is 0.350 e. The van der Waals surface area contributed by atoms with Crippen molar-refractivity contribution in [2.45, 2.75) is 62.8 Å². The zero-order valence-corrected chi connectivity index (χ0v) is 23.4. The Kier molecular flexibility index (Phi) is 5.83. The van der Waals surface area contributed by atoms with Crippen LogP contribution in [0.15, 0.2) is 18.7 Å². The second-order valence-electron chi connectivity index (χ2n) is 11.5. The zero-order valence-electron chi connectivity index (χ0n) is 22.6. The number of carbonyl (C=O) groups excluding carboxylic acids is 1. The standard InChI is InChI=1S/C24H27F4N9O3S/c1-13-9-35(21(38)23(25)5-6-41(23,39)40)14(2)8-34(13)18-17-19(31-12-30-18)37(11-22(17,3)4)16-10-36-15(7-29-16)32-33-20(36)24(26,27)28/h7,10,12-14H,5-6,8-9,11H2,1-4H3/t13-,14+,23-/m0/s1. The highest BCUT2D eigenvalue weighted by molar-refractivity contribution is 7.94. The molecule has 6 heterocycles. The van der Waals surface area contributed by atoms with Crippen LogP contribution in [-0.2, 0) is 26.2 Å². The monoisotopic (exact) mass is 597 g/mol. The van der Waals surface area contributed by atoms with Crippen LogP contribution in [0.4, 0.5) is 35.0 Å². The third kappa shape index (κ3) is 4.02. The van der Waals surface area contributed by atoms with Crippen molar-refractivity contribution in [3.05, 3.63) is 30.1 Å². The van der Waals surface area contributed by atoms with Crippen molar-refractivity contribution in [2.75, 3.05) is 35.2 Å². The van der Waals surface area contributed by atoms with Crippen LogP contribution in [0.1, 0.15) is 45.5 Å². The number of piperazine rings is 1. The van der Waals surface area contributed by atoms with Crippen LogP contribution in [0.3, 0.4) is 0 Å². The minimum atomic E-state index is -4.71. The SMILES string of the molecule is C[C@@H]1CN(c2ncnc3c2C(C)(C)CN3c2cn3c(C(F)(F)F)nnc3cn2)[C@@H](C)CN1C(=O)[C@]1(F)CCS1(=O)=O. The van der Waals surface area contributed by atoms with Gasteiger partial charge in [-0.1, -0.05) is 13.8 Å². The fraction of sp³-hybridized carbons (Fsp3) is 0.583. The molecule has 3 aliphatic rings. The third-order valence-corrected chi connectivity index (χ3v) is 10.2. The van der Waals surface area contributed by atoms with E-state index in [0.29, 0.717) is 18.2 Å². The molecule has 12 nitrogen and oxygen atoms in total. The Morgan fingerprint density at radius 1 is 1.05 bits per heavy atom. The van der Waals surface area contributed by atoms with Crippen molar-refractivity contribution >= 4 is 38.8 Å². The Labute approximate surface area is 232 Å². The molecule has 3 aromatic heterocycles. The van der Waals surface area contributed by atoms with E-state index in [1.165, 1.54) is 23.6 Å². The summed E-state index contributed by atoms with van der Waals surface area (Å²) in [5, 5.41) is 3.94. The number of halogens is 4. The lowest BCUT2D eigenvalue weighted by Gasteiger charge is -2.47. The largest absolute Gasteiger partial charge is 0.452 e. The van der Waals surface area contributed by atoms with Crippen molar-refractivity contribution in [1.29, 1.82) is 0 Å². The quantitative estimate of drug-likeness (QED) is 0.415. The minimum Gasteiger partial charge on any atom is -0.350 e. The number of hydrogen-bond acceptors (Lipinski definition) is 10. The lowest BCUT2D eigenvalue weighted by molar-refractivity contribution is -0.145. The Morgan fingerprint density at radius 2 is 1.76 bits per heavy atom. The van der Waals surface area contributed by atoms with Gasteiger partial charge in [-0.15, -0.1) is 10.2 Å². The van der Waals surface area contributed by atoms with Gasteiger partial charge >= 0.3 is 6.18 Å². The lowest BCUT2D eigenvalue weighted by atomic mass is 9.87. The van der Waals surface area contributed by atoms with Gasteiger partial charge < -0.3 is 14.7 Å². The number of amides is 1. The maximum Gasteiger partial charge on any atom is 0.452 e. The first kappa shape index (κ1) is 27.5. The third-order valence-electron chi connectivity index (χ3n) is 8.13. The molecule has 0 aliphatic carbocycles. The van der Waals surface area contributed by atoms with Gasteiger partial charge in [0.15, 0.2) is 21.3 Å². The van der Waals surface area contributed by atoms with E-state index in [1.807, 2.05) is 25.7 Å². The van der Waals surface area contributed by atoms with Crippen LogP contribution in [0, 0.1) is 0 Å². The summed E-state index contributed by atoms with van der Waals surface area (Å²) in [5.41, 5.74) is 0.119. The second kappa shape index (κ2) is 8.69. The molecule has 17 heteroatoms. The van der Waals surface area contributed by atoms with E-state index in [0.717, 1.165) is 9.96 Å². The highest BCUT2D eigenvalue weighted by Crippen LogP contribution is 2.47. The second-order valence-corrected chi connectivity index (χ2v) is 13.8. The van der Waals surface area contributed by atoms with Crippen LogP contribution in [0.5, 0.6) is 0 Å². The zero-order chi connectivity index (χ0) is 29.7. The minimum absolute atomic E-state index is 0.0527. The summed E-state index contributed by atoms with van der Waals surface area (Å²) < 4.78 is 80.6. The lowest BCUT2D eigenvalue weighted by Crippen LogP contribution is -2.66. The van der Waals surface area contributed by atoms with Gasteiger partial charge in [0, 0.05) is 49.1 Å². The predicted molar refractivity (Wildman–Crippen MR) is 138 cm³/mol. The van der Waals surface area contributed by atoms with E-state index in [1.54, 1.807) is 11.8 Å². The molecule has 2 fully saturated rings. The predicted octanol–water partition coefficient (Wildman–Crippen LogP) is 2.27. The molecule has 0 N–H and O–H groups in total. The van der Waals surface area contributed by atoms with Gasteiger partial charge in [0.25, 0.3) is 10.9 Å². The van der Waals surface area contributed by atoms with Crippen LogP contribution >= 0.6 is 0 Å². The number of sulfone groups is 1. The number of anilines is 3. The van der Waals surface area contributed by atoms with E-state index in [2.05, 4.69) is 25.1 Å². The Hall–Kier alpha value is -3.63. The van der Waals surface area contributed by atoms with Crippen molar-refractivity contribution in [3.8, 4) is 0 Å². The molecular formula is C24H27F4N9O3S. The summed E-state index contributed by atoms with van der Waals surface area (Å²) in [6.07, 6.45) is -1.27. The fourth-order valence-electron chi connectivity index (χ4n) is 5.86. The number of carbonyl (C=O) groups is 1. The number of alkyl halides is 4. The van der Waals surface area contributed by atoms with Gasteiger partial charge in [-0.05, 0) is 13.8 Å². The summed E-state index contributed by atoms with van der Waals surface area (Å²) in [6, 6.07) is -0.877. The number of fused-ring (bicyclic) bond motifs is 2. The summed E-state index contributed by atoms with van der Waals surface area (Å²) >= 11 is 0. The van der Waals surface area contributed by atoms with Crippen molar-refractivity contribution in [1.82, 2.24) is 34.4 Å². The average Bonchev–Trinajstić information content (AvgIpc) is 3.46. The Morgan fingerprint density at radius 3 is 2.39 bits per heavy atom. The maximum atomic E-state index is 15.1. The van der Waals surface area contributed by atoms with Crippen LogP contribution in [0.2, 0.25) is 0 Å². The van der Waals surface area contributed by atoms with E-state index in [9.17, 15) is 26.4 Å². The summed E-state index contributed by atoms with van der Waals surface area (Å²) in [7, 11) is -4.13. The number of nitrogens with zero attached hydrogens (tertiary/aromatic N) is 9. The van der Waals surface area contributed by atoms with Gasteiger partial charge in [-0.3, -0.25) is 9.20 Å². The topological polar surface area (TPSA) is 130 Å². The highest BCUT2D eigenvalue weighted by Gasteiger charge is 2.61. The molecule has 1 amide bonds. The molecule has 0 spiro atoms. The van der Waals surface area contributed by atoms with Crippen LogP contribution in [-0.4, -0.2) is 91.2 Å². The normalized spacial score (nSPS) is 27.2. The van der Waals surface area contributed by atoms with Crippen LogP contribution in [0.25, 0.3) is 5.65 Å². The van der Waals surface area contributed by atoms with Gasteiger partial charge in [0.1, 0.15) is 18.0 Å². The molecule has 0 radical (unpaired) electrons. The Balaban J connectivity index is 1.34. The number of aromatic nitrogens is 6. The van der Waals surface area contributed by atoms with E-state index in [4.69, 9.17) is 0 Å². The van der Waals surface area contributed by atoms with Gasteiger partial charge in [-0.2, -0.15) is 13.2 Å². The maximum absolute atomic E-state index is 15.1. The van der Waals surface area contributed by atoms with E-state index in [-0.39, 0.29) is 42.8 Å². The highest BCUT2D eigenvalue weighted by atomic mass is 32.2. The molecule has 3 aromatic rings. The van der Waals surface area contributed by atoms with Gasteiger partial charge in [0.2, 0.25) is 5.82 Å². The van der Waals surface area contributed by atoms with Gasteiger partial charge in [0.05, 0.1) is 18.1 Å². The molecule has 3 atom stereocenters. The molecular weight excluding hydrogens is 570 g/mol. The van der Waals surface area contributed by atoms with E-state index < -0.39 is 44.2 Å². The molecule has 3 aliphatic heterocycles. The first-order chi connectivity index (χ1) is 19.0. The fourth-order valence-corrected chi connectivity index (χ4v) is 7.14. The number of hydrogen-bond donors (Lipinski definition) is 0. The average molecular weight is 598 g/mol. The summed E-state index contributed by atoms with van der Waals surface area (Å²) in [5.74, 6) is -1.30.